The lowest BCUT2D eigenvalue weighted by atomic mass is 10.3. The van der Waals surface area contributed by atoms with Crippen molar-refractivity contribution in [2.24, 2.45) is 0 Å². The molecule has 0 aromatic carbocycles. The number of morpholine rings is 1. The number of carbonyl (C=O) groups is 2. The van der Waals surface area contributed by atoms with Crippen molar-refractivity contribution in [1.29, 1.82) is 0 Å². The molecule has 0 aromatic rings. The lowest BCUT2D eigenvalue weighted by molar-refractivity contribution is -0.146. The Labute approximate surface area is 105 Å². The summed E-state index contributed by atoms with van der Waals surface area (Å²) in [5, 5.41) is 7.51. The van der Waals surface area contributed by atoms with E-state index in [1.54, 1.807) is 0 Å². The SMILES string of the molecule is COC(=O)C(C)S(=O)(=O)N1CCOCC1C(=O)O. The molecule has 1 saturated heterocycles. The number of hydrogen-bond acceptors (Lipinski definition) is 6. The maximum Gasteiger partial charge on any atom is 0.325 e. The molecule has 1 N–H and O–H groups in total. The van der Waals surface area contributed by atoms with Crippen LogP contribution in [0.25, 0.3) is 0 Å². The smallest absolute Gasteiger partial charge is 0.325 e. The molecule has 0 saturated carbocycles. The molecule has 8 nitrogen and oxygen atoms in total. The second-order valence-corrected chi connectivity index (χ2v) is 5.96. The molecule has 1 aliphatic rings. The van der Waals surface area contributed by atoms with Gasteiger partial charge in [0.1, 0.15) is 6.04 Å². The first-order chi connectivity index (χ1) is 8.32. The van der Waals surface area contributed by atoms with E-state index < -0.39 is 33.3 Å². The van der Waals surface area contributed by atoms with Crippen molar-refractivity contribution in [2.75, 3.05) is 26.9 Å². The summed E-state index contributed by atoms with van der Waals surface area (Å²) in [6.45, 7) is 0.926. The van der Waals surface area contributed by atoms with Crippen LogP contribution in [0.5, 0.6) is 0 Å². The molecule has 1 rings (SSSR count). The molecule has 0 amide bonds. The molecule has 0 aliphatic carbocycles. The topological polar surface area (TPSA) is 110 Å². The second-order valence-electron chi connectivity index (χ2n) is 3.75. The van der Waals surface area contributed by atoms with Crippen molar-refractivity contribution >= 4 is 22.0 Å². The minimum Gasteiger partial charge on any atom is -0.480 e. The molecule has 0 spiro atoms. The number of hydrogen-bond donors (Lipinski definition) is 1. The minimum atomic E-state index is -4.07. The van der Waals surface area contributed by atoms with E-state index in [-0.39, 0.29) is 19.8 Å². The molecule has 2 unspecified atom stereocenters. The molecule has 1 aliphatic heterocycles. The number of sulfonamides is 1. The van der Waals surface area contributed by atoms with Gasteiger partial charge in [-0.25, -0.2) is 8.42 Å². The van der Waals surface area contributed by atoms with Gasteiger partial charge in [0.05, 0.1) is 20.3 Å². The lowest BCUT2D eigenvalue weighted by Crippen LogP contribution is -2.55. The van der Waals surface area contributed by atoms with Crippen LogP contribution in [0.1, 0.15) is 6.92 Å². The van der Waals surface area contributed by atoms with Crippen LogP contribution < -0.4 is 0 Å². The highest BCUT2D eigenvalue weighted by atomic mass is 32.2. The average Bonchev–Trinajstić information content (AvgIpc) is 2.36. The first-order valence-corrected chi connectivity index (χ1v) is 6.71. The summed E-state index contributed by atoms with van der Waals surface area (Å²) < 4.78 is 34.3. The molecule has 0 radical (unpaired) electrons. The zero-order valence-electron chi connectivity index (χ0n) is 10.0. The van der Waals surface area contributed by atoms with E-state index >= 15 is 0 Å². The van der Waals surface area contributed by atoms with Gasteiger partial charge >= 0.3 is 11.9 Å². The van der Waals surface area contributed by atoms with Gasteiger partial charge in [0.25, 0.3) is 0 Å². The summed E-state index contributed by atoms with van der Waals surface area (Å²) >= 11 is 0. The standard InChI is InChI=1S/C9H15NO7S/c1-6(9(13)16-2)18(14,15)10-3-4-17-5-7(10)8(11)12/h6-7H,3-5H2,1-2H3,(H,11,12). The third-order valence-corrected chi connectivity index (χ3v) is 4.85. The fourth-order valence-corrected chi connectivity index (χ4v) is 3.16. The maximum absolute atomic E-state index is 12.1. The van der Waals surface area contributed by atoms with Gasteiger partial charge in [0, 0.05) is 6.54 Å². The molecule has 1 fully saturated rings. The van der Waals surface area contributed by atoms with Crippen LogP contribution in [0.4, 0.5) is 0 Å². The minimum absolute atomic E-state index is 0.0941. The quantitative estimate of drug-likeness (QED) is 0.635. The zero-order chi connectivity index (χ0) is 13.9. The van der Waals surface area contributed by atoms with E-state index in [1.165, 1.54) is 0 Å². The van der Waals surface area contributed by atoms with Gasteiger partial charge in [0.15, 0.2) is 5.25 Å². The van der Waals surface area contributed by atoms with Crippen LogP contribution in [0.3, 0.4) is 0 Å². The predicted octanol–water partition coefficient (Wildman–Crippen LogP) is -1.34. The van der Waals surface area contributed by atoms with Crippen LogP contribution in [0.2, 0.25) is 0 Å². The van der Waals surface area contributed by atoms with Crippen LogP contribution in [0.15, 0.2) is 0 Å². The Kier molecular flexibility index (Phi) is 4.65. The average molecular weight is 281 g/mol. The predicted molar refractivity (Wildman–Crippen MR) is 59.3 cm³/mol. The van der Waals surface area contributed by atoms with Crippen molar-refractivity contribution in [1.82, 2.24) is 4.31 Å². The van der Waals surface area contributed by atoms with Gasteiger partial charge in [-0.15, -0.1) is 0 Å². The number of aliphatic carboxylic acids is 1. The van der Waals surface area contributed by atoms with Gasteiger partial charge in [-0.05, 0) is 6.92 Å². The van der Waals surface area contributed by atoms with Crippen molar-refractivity contribution in [3.05, 3.63) is 0 Å². The number of rotatable bonds is 4. The van der Waals surface area contributed by atoms with Crippen LogP contribution >= 0.6 is 0 Å². The highest BCUT2D eigenvalue weighted by Crippen LogP contribution is 2.17. The summed E-state index contributed by atoms with van der Waals surface area (Å²) in [5.41, 5.74) is 0. The summed E-state index contributed by atoms with van der Waals surface area (Å²) in [6.07, 6.45) is 0. The van der Waals surface area contributed by atoms with E-state index in [2.05, 4.69) is 4.74 Å². The Hall–Kier alpha value is -1.19. The molecule has 2 atom stereocenters. The van der Waals surface area contributed by atoms with Crippen molar-refractivity contribution in [2.45, 2.75) is 18.2 Å². The number of methoxy groups -OCH3 is 1. The number of carboxylic acids is 1. The van der Waals surface area contributed by atoms with E-state index in [1.807, 2.05) is 0 Å². The van der Waals surface area contributed by atoms with E-state index in [0.29, 0.717) is 0 Å². The number of esters is 1. The fraction of sp³-hybridized carbons (Fsp3) is 0.778. The third-order valence-electron chi connectivity index (χ3n) is 2.67. The molecule has 0 aromatic heterocycles. The highest BCUT2D eigenvalue weighted by molar-refractivity contribution is 7.90. The van der Waals surface area contributed by atoms with Gasteiger partial charge in [-0.2, -0.15) is 4.31 Å². The summed E-state index contributed by atoms with van der Waals surface area (Å²) in [5.74, 6) is -2.24. The molecular formula is C9H15NO7S. The molecule has 18 heavy (non-hydrogen) atoms. The number of nitrogens with zero attached hydrogens (tertiary/aromatic N) is 1. The van der Waals surface area contributed by atoms with Gasteiger partial charge in [-0.3, -0.25) is 9.59 Å². The molecule has 0 bridgehead atoms. The summed E-state index contributed by atoms with van der Waals surface area (Å²) in [4.78, 5) is 22.2. The number of carbonyl (C=O) groups excluding carboxylic acids is 1. The molecular weight excluding hydrogens is 266 g/mol. The first kappa shape index (κ1) is 14.9. The van der Waals surface area contributed by atoms with Gasteiger partial charge < -0.3 is 14.6 Å². The Morgan fingerprint density at radius 2 is 2.11 bits per heavy atom. The van der Waals surface area contributed by atoms with E-state index in [0.717, 1.165) is 18.3 Å². The monoisotopic (exact) mass is 281 g/mol. The first-order valence-electron chi connectivity index (χ1n) is 5.21. The lowest BCUT2D eigenvalue weighted by Gasteiger charge is -2.33. The number of carboxylic acid groups (broad SMARTS) is 1. The van der Waals surface area contributed by atoms with E-state index in [9.17, 15) is 18.0 Å². The van der Waals surface area contributed by atoms with Crippen LogP contribution in [0, 0.1) is 0 Å². The summed E-state index contributed by atoms with van der Waals surface area (Å²) in [7, 11) is -3.00. The normalized spacial score (nSPS) is 23.3. The fourth-order valence-electron chi connectivity index (χ4n) is 1.58. The second kappa shape index (κ2) is 5.63. The zero-order valence-corrected chi connectivity index (χ0v) is 10.8. The maximum atomic E-state index is 12.1. The summed E-state index contributed by atoms with van der Waals surface area (Å²) in [6, 6.07) is -1.31. The largest absolute Gasteiger partial charge is 0.480 e. The van der Waals surface area contributed by atoms with Crippen molar-refractivity contribution in [3.8, 4) is 0 Å². The Morgan fingerprint density at radius 1 is 1.50 bits per heavy atom. The highest BCUT2D eigenvalue weighted by Gasteiger charge is 2.42. The molecule has 104 valence electrons. The Balaban J connectivity index is 3.01. The van der Waals surface area contributed by atoms with E-state index in [4.69, 9.17) is 9.84 Å². The van der Waals surface area contributed by atoms with Crippen molar-refractivity contribution in [3.63, 3.8) is 0 Å². The van der Waals surface area contributed by atoms with Crippen molar-refractivity contribution < 1.29 is 32.6 Å². The van der Waals surface area contributed by atoms with Gasteiger partial charge in [0.2, 0.25) is 10.0 Å². The third kappa shape index (κ3) is 2.79. The Morgan fingerprint density at radius 3 is 2.61 bits per heavy atom. The van der Waals surface area contributed by atoms with Crippen LogP contribution in [-0.2, 0) is 29.1 Å². The number of ether oxygens (including phenoxy) is 2. The Bertz CT molecular complexity index is 432. The van der Waals surface area contributed by atoms with Gasteiger partial charge in [-0.1, -0.05) is 0 Å². The molecule has 9 heteroatoms. The molecule has 1 heterocycles. The van der Waals surface area contributed by atoms with Crippen LogP contribution in [-0.4, -0.2) is 67.9 Å².